The van der Waals surface area contributed by atoms with Crippen LogP contribution in [0.1, 0.15) is 39.2 Å². The van der Waals surface area contributed by atoms with Crippen molar-refractivity contribution >= 4 is 12.0 Å². The van der Waals surface area contributed by atoms with E-state index in [0.29, 0.717) is 31.8 Å². The normalized spacial score (nSPS) is 23.0. The number of carbonyl (C=O) groups excluding carboxylic acids is 2. The first-order chi connectivity index (χ1) is 11.7. The molecule has 3 rings (SSSR count). The molecule has 2 aliphatic rings. The molecule has 0 unspecified atom stereocenters. The first kappa shape index (κ1) is 17.8. The summed E-state index contributed by atoms with van der Waals surface area (Å²) in [6, 6.07) is 0.133. The van der Waals surface area contributed by atoms with Gasteiger partial charge in [-0.1, -0.05) is 0 Å². The molecule has 25 heavy (non-hydrogen) atoms. The molecule has 0 radical (unpaired) electrons. The minimum atomic E-state index is -0.492. The maximum atomic E-state index is 12.6. The van der Waals surface area contributed by atoms with Crippen LogP contribution in [0.25, 0.3) is 0 Å². The van der Waals surface area contributed by atoms with Gasteiger partial charge in [0.15, 0.2) is 0 Å². The van der Waals surface area contributed by atoms with Gasteiger partial charge in [-0.2, -0.15) is 5.10 Å². The smallest absolute Gasteiger partial charge is 0.410 e. The Hall–Kier alpha value is -2.05. The highest BCUT2D eigenvalue weighted by Crippen LogP contribution is 2.32. The minimum Gasteiger partial charge on any atom is -0.444 e. The van der Waals surface area contributed by atoms with Gasteiger partial charge in [0, 0.05) is 45.2 Å². The standard InChI is InChI=1S/C18H28N4O3/c1-18(2,3)25-17(24)21-11-14-7-8-22(15(14)12-21)16(23)6-5-13-9-19-20(4)10-13/h9-10,14-15H,5-8,11-12H2,1-4H3/t14-,15+/m1/s1. The molecule has 0 saturated carbocycles. The van der Waals surface area contributed by atoms with Crippen LogP contribution < -0.4 is 0 Å². The fourth-order valence-corrected chi connectivity index (χ4v) is 3.74. The molecular formula is C18H28N4O3. The molecule has 2 atom stereocenters. The van der Waals surface area contributed by atoms with Gasteiger partial charge in [-0.05, 0) is 39.2 Å². The molecule has 2 aliphatic heterocycles. The molecule has 0 spiro atoms. The zero-order valence-electron chi connectivity index (χ0n) is 15.6. The highest BCUT2D eigenvalue weighted by molar-refractivity contribution is 5.77. The van der Waals surface area contributed by atoms with Gasteiger partial charge in [-0.3, -0.25) is 9.48 Å². The molecule has 2 saturated heterocycles. The number of ether oxygens (including phenoxy) is 1. The monoisotopic (exact) mass is 348 g/mol. The first-order valence-electron chi connectivity index (χ1n) is 8.98. The van der Waals surface area contributed by atoms with E-state index in [0.717, 1.165) is 18.5 Å². The summed E-state index contributed by atoms with van der Waals surface area (Å²) in [5.74, 6) is 0.539. The van der Waals surface area contributed by atoms with E-state index in [4.69, 9.17) is 4.74 Å². The van der Waals surface area contributed by atoms with Crippen LogP contribution >= 0.6 is 0 Å². The van der Waals surface area contributed by atoms with Gasteiger partial charge < -0.3 is 14.5 Å². The summed E-state index contributed by atoms with van der Waals surface area (Å²) in [5.41, 5.74) is 0.585. The van der Waals surface area contributed by atoms with E-state index in [1.54, 1.807) is 15.8 Å². The third kappa shape index (κ3) is 4.14. The Morgan fingerprint density at radius 3 is 2.72 bits per heavy atom. The lowest BCUT2D eigenvalue weighted by molar-refractivity contribution is -0.132. The largest absolute Gasteiger partial charge is 0.444 e. The number of aryl methyl sites for hydroxylation is 2. The molecule has 1 aromatic heterocycles. The topological polar surface area (TPSA) is 67.7 Å². The van der Waals surface area contributed by atoms with Gasteiger partial charge in [0.25, 0.3) is 0 Å². The number of rotatable bonds is 3. The van der Waals surface area contributed by atoms with Crippen molar-refractivity contribution in [3.63, 3.8) is 0 Å². The minimum absolute atomic E-state index is 0.133. The van der Waals surface area contributed by atoms with Gasteiger partial charge in [0.05, 0.1) is 12.2 Å². The van der Waals surface area contributed by atoms with E-state index in [-0.39, 0.29) is 18.0 Å². The molecule has 0 aliphatic carbocycles. The van der Waals surface area contributed by atoms with Crippen molar-refractivity contribution in [1.29, 1.82) is 0 Å². The summed E-state index contributed by atoms with van der Waals surface area (Å²) in [7, 11) is 1.88. The molecule has 7 heteroatoms. The third-order valence-electron chi connectivity index (χ3n) is 4.91. The van der Waals surface area contributed by atoms with Gasteiger partial charge in [-0.15, -0.1) is 0 Å². The Bertz CT molecular complexity index is 649. The van der Waals surface area contributed by atoms with Gasteiger partial charge in [0.1, 0.15) is 5.60 Å². The summed E-state index contributed by atoms with van der Waals surface area (Å²) >= 11 is 0. The van der Waals surface area contributed by atoms with E-state index in [9.17, 15) is 9.59 Å². The van der Waals surface area contributed by atoms with Crippen LogP contribution in [-0.2, 0) is 23.0 Å². The number of amides is 2. The van der Waals surface area contributed by atoms with Crippen LogP contribution in [0.5, 0.6) is 0 Å². The third-order valence-corrected chi connectivity index (χ3v) is 4.91. The van der Waals surface area contributed by atoms with Crippen molar-refractivity contribution in [3.8, 4) is 0 Å². The van der Waals surface area contributed by atoms with E-state index in [2.05, 4.69) is 5.10 Å². The quantitative estimate of drug-likeness (QED) is 0.836. The number of carbonyl (C=O) groups is 2. The highest BCUT2D eigenvalue weighted by atomic mass is 16.6. The second-order valence-electron chi connectivity index (χ2n) is 8.11. The zero-order valence-corrected chi connectivity index (χ0v) is 15.6. The van der Waals surface area contributed by atoms with Crippen LogP contribution in [0.4, 0.5) is 4.79 Å². The molecule has 3 heterocycles. The highest BCUT2D eigenvalue weighted by Gasteiger charge is 2.45. The molecule has 7 nitrogen and oxygen atoms in total. The van der Waals surface area contributed by atoms with Gasteiger partial charge in [-0.25, -0.2) is 4.79 Å². The number of fused-ring (bicyclic) bond motifs is 1. The Balaban J connectivity index is 1.54. The fourth-order valence-electron chi connectivity index (χ4n) is 3.74. The summed E-state index contributed by atoms with van der Waals surface area (Å²) in [5, 5.41) is 4.14. The average molecular weight is 348 g/mol. The summed E-state index contributed by atoms with van der Waals surface area (Å²) in [6.45, 7) is 7.68. The first-order valence-corrected chi connectivity index (χ1v) is 8.98. The van der Waals surface area contributed by atoms with Crippen molar-refractivity contribution in [2.24, 2.45) is 13.0 Å². The summed E-state index contributed by atoms with van der Waals surface area (Å²) < 4.78 is 7.22. The second-order valence-corrected chi connectivity index (χ2v) is 8.11. The molecule has 138 valence electrons. The lowest BCUT2D eigenvalue weighted by Crippen LogP contribution is -2.42. The molecule has 2 amide bonds. The number of hydrogen-bond donors (Lipinski definition) is 0. The zero-order chi connectivity index (χ0) is 18.2. The lowest BCUT2D eigenvalue weighted by atomic mass is 10.0. The SMILES string of the molecule is Cn1cc(CCC(=O)N2CC[C@@H]3CN(C(=O)OC(C)(C)C)C[C@@H]32)cn1. The Kier molecular flexibility index (Phi) is 4.75. The number of likely N-dealkylation sites (tertiary alicyclic amines) is 2. The van der Waals surface area contributed by atoms with Crippen LogP contribution in [0, 0.1) is 5.92 Å². The Morgan fingerprint density at radius 2 is 2.08 bits per heavy atom. The molecule has 0 aromatic carbocycles. The van der Waals surface area contributed by atoms with Crippen molar-refractivity contribution in [1.82, 2.24) is 19.6 Å². The summed E-state index contributed by atoms with van der Waals surface area (Å²) in [6.07, 6.45) is 5.63. The predicted octanol–water partition coefficient (Wildman–Crippen LogP) is 1.82. The van der Waals surface area contributed by atoms with Crippen molar-refractivity contribution < 1.29 is 14.3 Å². The Morgan fingerprint density at radius 1 is 1.32 bits per heavy atom. The number of hydrogen-bond acceptors (Lipinski definition) is 4. The molecule has 2 fully saturated rings. The van der Waals surface area contributed by atoms with E-state index < -0.39 is 5.60 Å². The molecular weight excluding hydrogens is 320 g/mol. The van der Waals surface area contributed by atoms with E-state index in [1.165, 1.54) is 0 Å². The number of nitrogens with zero attached hydrogens (tertiary/aromatic N) is 4. The van der Waals surface area contributed by atoms with Crippen LogP contribution in [0.2, 0.25) is 0 Å². The second kappa shape index (κ2) is 6.69. The average Bonchev–Trinajstić information content (AvgIpc) is 3.17. The van der Waals surface area contributed by atoms with Crippen LogP contribution in [0.15, 0.2) is 12.4 Å². The fraction of sp³-hybridized carbons (Fsp3) is 0.722. The maximum Gasteiger partial charge on any atom is 0.410 e. The van der Waals surface area contributed by atoms with Crippen LogP contribution in [0.3, 0.4) is 0 Å². The lowest BCUT2D eigenvalue weighted by Gasteiger charge is -2.27. The molecule has 0 bridgehead atoms. The predicted molar refractivity (Wildman–Crippen MR) is 92.9 cm³/mol. The summed E-state index contributed by atoms with van der Waals surface area (Å²) in [4.78, 5) is 28.6. The van der Waals surface area contributed by atoms with Gasteiger partial charge in [0.2, 0.25) is 5.91 Å². The maximum absolute atomic E-state index is 12.6. The molecule has 1 aromatic rings. The van der Waals surface area contributed by atoms with Crippen LogP contribution in [-0.4, -0.2) is 62.9 Å². The van der Waals surface area contributed by atoms with Crippen molar-refractivity contribution in [3.05, 3.63) is 18.0 Å². The molecule has 0 N–H and O–H groups in total. The van der Waals surface area contributed by atoms with E-state index in [1.807, 2.05) is 38.9 Å². The van der Waals surface area contributed by atoms with Crippen molar-refractivity contribution in [2.75, 3.05) is 19.6 Å². The van der Waals surface area contributed by atoms with Crippen molar-refractivity contribution in [2.45, 2.75) is 51.7 Å². The van der Waals surface area contributed by atoms with Gasteiger partial charge >= 0.3 is 6.09 Å². The van der Waals surface area contributed by atoms with E-state index >= 15 is 0 Å². The Labute approximate surface area is 148 Å². The number of aromatic nitrogens is 2.